The number of nitrogens with zero attached hydrogens (tertiary/aromatic N) is 3. The average Bonchev–Trinajstić information content (AvgIpc) is 2.83. The average molecular weight is 271 g/mol. The number of nitrogen functional groups attached to an aromatic ring is 1. The van der Waals surface area contributed by atoms with Gasteiger partial charge in [-0.25, -0.2) is 4.79 Å². The standard InChI is InChI=1S/C14H17N5O/c15-4-3-10-7-11(1-2-13(10)16)18-5-6-19-12(9-18)8-17-14(19)20/h1-2,7,12H,3,5-6,8-9,16H2,(H,17,20). The van der Waals surface area contributed by atoms with Crippen LogP contribution >= 0.6 is 0 Å². The summed E-state index contributed by atoms with van der Waals surface area (Å²) in [7, 11) is 0. The molecule has 1 unspecified atom stereocenters. The van der Waals surface area contributed by atoms with Crippen molar-refractivity contribution in [2.75, 3.05) is 36.8 Å². The molecule has 2 aliphatic rings. The van der Waals surface area contributed by atoms with Gasteiger partial charge in [0.15, 0.2) is 0 Å². The molecule has 3 N–H and O–H groups in total. The number of hydrogen-bond acceptors (Lipinski definition) is 4. The Bertz CT molecular complexity index is 579. The maximum Gasteiger partial charge on any atom is 0.317 e. The number of carbonyl (C=O) groups excluding carboxylic acids is 1. The number of benzene rings is 1. The van der Waals surface area contributed by atoms with Crippen molar-refractivity contribution in [3.05, 3.63) is 23.8 Å². The third-order valence-corrected chi connectivity index (χ3v) is 3.99. The summed E-state index contributed by atoms with van der Waals surface area (Å²) in [6.07, 6.45) is 0.323. The highest BCUT2D eigenvalue weighted by molar-refractivity contribution is 5.77. The van der Waals surface area contributed by atoms with E-state index in [0.29, 0.717) is 18.7 Å². The quantitative estimate of drug-likeness (QED) is 0.769. The Morgan fingerprint density at radius 3 is 3.10 bits per heavy atom. The summed E-state index contributed by atoms with van der Waals surface area (Å²) in [5.74, 6) is 0. The fourth-order valence-corrected chi connectivity index (χ4v) is 2.87. The first-order valence-electron chi connectivity index (χ1n) is 6.74. The molecule has 104 valence electrons. The number of nitrogens with one attached hydrogen (secondary N) is 1. The van der Waals surface area contributed by atoms with Crippen LogP contribution in [0.4, 0.5) is 16.2 Å². The minimum atomic E-state index is 0.0390. The monoisotopic (exact) mass is 271 g/mol. The van der Waals surface area contributed by atoms with Crippen LogP contribution in [0.2, 0.25) is 0 Å². The van der Waals surface area contributed by atoms with Crippen LogP contribution in [-0.4, -0.2) is 43.2 Å². The van der Waals surface area contributed by atoms with Gasteiger partial charge in [-0.05, 0) is 23.8 Å². The van der Waals surface area contributed by atoms with Crippen LogP contribution in [0.5, 0.6) is 0 Å². The number of hydrogen-bond donors (Lipinski definition) is 2. The van der Waals surface area contributed by atoms with E-state index in [-0.39, 0.29) is 12.1 Å². The third-order valence-electron chi connectivity index (χ3n) is 3.99. The lowest BCUT2D eigenvalue weighted by atomic mass is 10.1. The summed E-state index contributed by atoms with van der Waals surface area (Å²) < 4.78 is 0. The highest BCUT2D eigenvalue weighted by Gasteiger charge is 2.35. The molecule has 2 saturated heterocycles. The fourth-order valence-electron chi connectivity index (χ4n) is 2.87. The van der Waals surface area contributed by atoms with Gasteiger partial charge in [-0.3, -0.25) is 0 Å². The van der Waals surface area contributed by atoms with Gasteiger partial charge < -0.3 is 20.9 Å². The maximum absolute atomic E-state index is 11.6. The second-order valence-corrected chi connectivity index (χ2v) is 5.20. The Morgan fingerprint density at radius 2 is 2.30 bits per heavy atom. The summed E-state index contributed by atoms with van der Waals surface area (Å²) in [5.41, 5.74) is 8.48. The summed E-state index contributed by atoms with van der Waals surface area (Å²) in [6, 6.07) is 8.23. The van der Waals surface area contributed by atoms with Crippen molar-refractivity contribution in [1.82, 2.24) is 10.2 Å². The number of carbonyl (C=O) groups is 1. The zero-order chi connectivity index (χ0) is 14.1. The lowest BCUT2D eigenvalue weighted by Gasteiger charge is -2.38. The van der Waals surface area contributed by atoms with E-state index in [9.17, 15) is 4.79 Å². The zero-order valence-electron chi connectivity index (χ0n) is 11.2. The van der Waals surface area contributed by atoms with Gasteiger partial charge in [-0.1, -0.05) is 0 Å². The molecular weight excluding hydrogens is 254 g/mol. The Morgan fingerprint density at radius 1 is 1.45 bits per heavy atom. The summed E-state index contributed by atoms with van der Waals surface area (Å²) in [4.78, 5) is 15.7. The lowest BCUT2D eigenvalue weighted by Crippen LogP contribution is -2.52. The minimum Gasteiger partial charge on any atom is -0.398 e. The molecule has 1 aromatic rings. The topological polar surface area (TPSA) is 85.4 Å². The number of piperazine rings is 1. The van der Waals surface area contributed by atoms with E-state index in [0.717, 1.165) is 30.9 Å². The van der Waals surface area contributed by atoms with Crippen molar-refractivity contribution >= 4 is 17.4 Å². The zero-order valence-corrected chi connectivity index (χ0v) is 11.2. The van der Waals surface area contributed by atoms with Crippen LogP contribution < -0.4 is 16.0 Å². The van der Waals surface area contributed by atoms with Crippen molar-refractivity contribution in [3.63, 3.8) is 0 Å². The molecule has 2 fully saturated rings. The lowest BCUT2D eigenvalue weighted by molar-refractivity contribution is 0.197. The molecule has 0 aliphatic carbocycles. The van der Waals surface area contributed by atoms with Gasteiger partial charge in [0.25, 0.3) is 0 Å². The van der Waals surface area contributed by atoms with E-state index in [1.54, 1.807) is 0 Å². The van der Waals surface area contributed by atoms with Gasteiger partial charge in [0.2, 0.25) is 0 Å². The second kappa shape index (κ2) is 4.93. The number of nitriles is 1. The van der Waals surface area contributed by atoms with Gasteiger partial charge in [-0.15, -0.1) is 0 Å². The molecule has 3 rings (SSSR count). The summed E-state index contributed by atoms with van der Waals surface area (Å²) in [5, 5.41) is 11.7. The molecule has 2 heterocycles. The molecule has 2 amide bonds. The molecule has 0 aromatic heterocycles. The predicted octanol–water partition coefficient (Wildman–Crippen LogP) is 0.549. The van der Waals surface area contributed by atoms with Crippen LogP contribution in [0, 0.1) is 11.3 Å². The van der Waals surface area contributed by atoms with Crippen LogP contribution in [0.1, 0.15) is 5.56 Å². The van der Waals surface area contributed by atoms with Crippen molar-refractivity contribution < 1.29 is 4.79 Å². The first kappa shape index (κ1) is 12.6. The van der Waals surface area contributed by atoms with Crippen LogP contribution in [0.3, 0.4) is 0 Å². The van der Waals surface area contributed by atoms with E-state index in [4.69, 9.17) is 11.0 Å². The SMILES string of the molecule is N#CCc1cc(N2CCN3C(=O)NCC3C2)ccc1N. The van der Waals surface area contributed by atoms with Gasteiger partial charge in [0.1, 0.15) is 0 Å². The molecule has 6 heteroatoms. The van der Waals surface area contributed by atoms with E-state index in [1.807, 2.05) is 23.1 Å². The van der Waals surface area contributed by atoms with Crippen molar-refractivity contribution in [1.29, 1.82) is 5.26 Å². The molecule has 0 saturated carbocycles. The number of rotatable bonds is 2. The first-order chi connectivity index (χ1) is 9.69. The molecule has 0 spiro atoms. The normalized spacial score (nSPS) is 21.4. The van der Waals surface area contributed by atoms with Crippen LogP contribution in [-0.2, 0) is 6.42 Å². The Balaban J connectivity index is 1.79. The second-order valence-electron chi connectivity index (χ2n) is 5.20. The largest absolute Gasteiger partial charge is 0.398 e. The minimum absolute atomic E-state index is 0.0390. The van der Waals surface area contributed by atoms with E-state index in [1.165, 1.54) is 0 Å². The summed E-state index contributed by atoms with van der Waals surface area (Å²) >= 11 is 0. The number of amides is 2. The number of fused-ring (bicyclic) bond motifs is 1. The molecule has 1 atom stereocenters. The molecule has 20 heavy (non-hydrogen) atoms. The van der Waals surface area contributed by atoms with E-state index >= 15 is 0 Å². The molecule has 2 aliphatic heterocycles. The van der Waals surface area contributed by atoms with E-state index < -0.39 is 0 Å². The maximum atomic E-state index is 11.6. The molecule has 1 aromatic carbocycles. The van der Waals surface area contributed by atoms with Gasteiger partial charge >= 0.3 is 6.03 Å². The van der Waals surface area contributed by atoms with Gasteiger partial charge in [0.05, 0.1) is 18.5 Å². The van der Waals surface area contributed by atoms with Crippen LogP contribution in [0.25, 0.3) is 0 Å². The summed E-state index contributed by atoms with van der Waals surface area (Å²) in [6.45, 7) is 3.05. The van der Waals surface area contributed by atoms with Crippen molar-refractivity contribution in [2.24, 2.45) is 0 Å². The van der Waals surface area contributed by atoms with Gasteiger partial charge in [-0.2, -0.15) is 5.26 Å². The molecule has 0 radical (unpaired) electrons. The third kappa shape index (κ3) is 2.11. The van der Waals surface area contributed by atoms with E-state index in [2.05, 4.69) is 16.3 Å². The Kier molecular flexibility index (Phi) is 3.11. The van der Waals surface area contributed by atoms with Gasteiger partial charge in [0, 0.05) is 37.6 Å². The first-order valence-corrected chi connectivity index (χ1v) is 6.74. The Labute approximate surface area is 117 Å². The number of anilines is 2. The molecule has 0 bridgehead atoms. The number of urea groups is 1. The van der Waals surface area contributed by atoms with Crippen LogP contribution in [0.15, 0.2) is 18.2 Å². The molecule has 6 nitrogen and oxygen atoms in total. The van der Waals surface area contributed by atoms with Crippen molar-refractivity contribution in [3.8, 4) is 6.07 Å². The van der Waals surface area contributed by atoms with Crippen molar-refractivity contribution in [2.45, 2.75) is 12.5 Å². The predicted molar refractivity (Wildman–Crippen MR) is 76.3 cm³/mol. The highest BCUT2D eigenvalue weighted by Crippen LogP contribution is 2.25. The molecular formula is C14H17N5O. The number of nitrogens with two attached hydrogens (primary N) is 1. The fraction of sp³-hybridized carbons (Fsp3) is 0.429. The smallest absolute Gasteiger partial charge is 0.317 e. The highest BCUT2D eigenvalue weighted by atomic mass is 16.2. The Hall–Kier alpha value is -2.42.